The molecule has 2 saturated heterocycles. The summed E-state index contributed by atoms with van der Waals surface area (Å²) >= 11 is 0. The van der Waals surface area contributed by atoms with Crippen molar-refractivity contribution in [2.75, 3.05) is 27.0 Å². The Morgan fingerprint density at radius 3 is 2.75 bits per heavy atom. The summed E-state index contributed by atoms with van der Waals surface area (Å²) in [5.74, 6) is -3.40. The fourth-order valence-electron chi connectivity index (χ4n) is 5.30. The number of pyridine rings is 1. The number of ether oxygens (including phenoxy) is 4. The van der Waals surface area contributed by atoms with Gasteiger partial charge in [-0.2, -0.15) is 0 Å². The number of hydrogen-bond acceptors (Lipinski definition) is 9. The van der Waals surface area contributed by atoms with Gasteiger partial charge in [-0.05, 0) is 25.8 Å². The van der Waals surface area contributed by atoms with E-state index >= 15 is 0 Å². The van der Waals surface area contributed by atoms with Gasteiger partial charge >= 0.3 is 6.16 Å². The molecular weight excluding hydrogens is 534 g/mol. The van der Waals surface area contributed by atoms with Gasteiger partial charge < -0.3 is 33.7 Å². The van der Waals surface area contributed by atoms with Crippen LogP contribution >= 0.6 is 0 Å². The molecule has 2 amide bonds. The summed E-state index contributed by atoms with van der Waals surface area (Å²) in [5, 5.41) is 2.45. The highest BCUT2D eigenvalue weighted by atomic mass is 19.1. The second-order valence-electron chi connectivity index (χ2n) is 9.67. The third kappa shape index (κ3) is 5.23. The van der Waals surface area contributed by atoms with Crippen LogP contribution in [0.15, 0.2) is 29.2 Å². The highest BCUT2D eigenvalue weighted by Crippen LogP contribution is 2.35. The molecule has 2 fully saturated rings. The van der Waals surface area contributed by atoms with E-state index in [1.807, 2.05) is 0 Å². The highest BCUT2D eigenvalue weighted by Gasteiger charge is 2.48. The molecule has 4 heterocycles. The maximum absolute atomic E-state index is 14.1. The number of carbonyl (C=O) groups is 3. The fraction of sp³-hybridized carbons (Fsp3) is 0.462. The average Bonchev–Trinajstić information content (AvgIpc) is 3.51. The molecule has 1 aromatic carbocycles. The largest absolute Gasteiger partial charge is 0.513 e. The van der Waals surface area contributed by atoms with Crippen molar-refractivity contribution in [3.05, 3.63) is 63.1 Å². The Balaban J connectivity index is 1.43. The number of methoxy groups -OCH3 is 1. The lowest BCUT2D eigenvalue weighted by Gasteiger charge is -2.36. The SMILES string of the molecule is COC(C)OC(=O)OCOc1c2n(cc(C(=O)NCc3ccc(F)cc3F)c1=O)CC1N(CC3CCCN31)C2=O. The number of halogens is 2. The Morgan fingerprint density at radius 2 is 2.00 bits per heavy atom. The monoisotopic (exact) mass is 562 g/mol. The molecule has 1 N–H and O–H groups in total. The zero-order valence-electron chi connectivity index (χ0n) is 21.9. The molecule has 3 unspecified atom stereocenters. The lowest BCUT2D eigenvalue weighted by molar-refractivity contribution is -0.101. The van der Waals surface area contributed by atoms with Gasteiger partial charge in [0.1, 0.15) is 23.4 Å². The quantitative estimate of drug-likeness (QED) is 0.378. The minimum absolute atomic E-state index is 0.0123. The van der Waals surface area contributed by atoms with Crippen LogP contribution < -0.4 is 15.5 Å². The van der Waals surface area contributed by atoms with Crippen molar-refractivity contribution in [1.29, 1.82) is 0 Å². The van der Waals surface area contributed by atoms with Gasteiger partial charge in [0.2, 0.25) is 24.3 Å². The van der Waals surface area contributed by atoms with E-state index in [1.54, 1.807) is 4.90 Å². The zero-order chi connectivity index (χ0) is 28.6. The molecule has 3 atom stereocenters. The molecule has 14 heteroatoms. The standard InChI is InChI=1S/C26H28F2N4O8/c1-14(37-2)40-26(36)39-13-38-23-21-25(35)32-10-17-4-3-7-31(17)20(32)12-30(21)11-18(22(23)33)24(34)29-9-15-5-6-16(27)8-19(15)28/h5-6,8,11,14,17,20H,3-4,7,9-10,12-13H2,1-2H3,(H,29,34). The van der Waals surface area contributed by atoms with Gasteiger partial charge in [-0.1, -0.05) is 6.07 Å². The van der Waals surface area contributed by atoms with E-state index in [0.29, 0.717) is 12.6 Å². The van der Waals surface area contributed by atoms with Crippen LogP contribution in [-0.4, -0.2) is 77.8 Å². The van der Waals surface area contributed by atoms with Crippen LogP contribution in [0.1, 0.15) is 46.2 Å². The van der Waals surface area contributed by atoms with Gasteiger partial charge in [0.15, 0.2) is 5.69 Å². The zero-order valence-corrected chi connectivity index (χ0v) is 21.9. The van der Waals surface area contributed by atoms with Crippen molar-refractivity contribution in [2.24, 2.45) is 0 Å². The third-order valence-electron chi connectivity index (χ3n) is 7.31. The van der Waals surface area contributed by atoms with E-state index in [9.17, 15) is 28.0 Å². The van der Waals surface area contributed by atoms with Crippen LogP contribution in [0.25, 0.3) is 0 Å². The van der Waals surface area contributed by atoms with Gasteiger partial charge in [-0.25, -0.2) is 13.6 Å². The molecule has 0 saturated carbocycles. The molecule has 0 spiro atoms. The number of benzene rings is 1. The van der Waals surface area contributed by atoms with Gasteiger partial charge in [0.25, 0.3) is 11.8 Å². The first-order valence-electron chi connectivity index (χ1n) is 12.7. The molecule has 0 aliphatic carbocycles. The lowest BCUT2D eigenvalue weighted by atomic mass is 10.1. The smallest absolute Gasteiger partial charge is 0.451 e. The molecule has 0 bridgehead atoms. The van der Waals surface area contributed by atoms with Crippen LogP contribution in [0.4, 0.5) is 13.6 Å². The first-order valence-corrected chi connectivity index (χ1v) is 12.7. The van der Waals surface area contributed by atoms with E-state index in [1.165, 1.54) is 30.9 Å². The van der Waals surface area contributed by atoms with Crippen LogP contribution in [0.2, 0.25) is 0 Å². The van der Waals surface area contributed by atoms with E-state index in [-0.39, 0.29) is 42.1 Å². The summed E-state index contributed by atoms with van der Waals surface area (Å²) in [7, 11) is 1.32. The third-order valence-corrected chi connectivity index (χ3v) is 7.31. The minimum Gasteiger partial charge on any atom is -0.451 e. The highest BCUT2D eigenvalue weighted by molar-refractivity contribution is 5.99. The number of nitrogens with zero attached hydrogens (tertiary/aromatic N) is 3. The second-order valence-corrected chi connectivity index (χ2v) is 9.67. The maximum Gasteiger partial charge on any atom is 0.513 e. The first kappa shape index (κ1) is 27.5. The Kier molecular flexibility index (Phi) is 7.72. The number of nitrogens with one attached hydrogen (secondary N) is 1. The predicted molar refractivity (Wildman–Crippen MR) is 132 cm³/mol. The Morgan fingerprint density at radius 1 is 1.20 bits per heavy atom. The van der Waals surface area contributed by atoms with Gasteiger partial charge in [-0.3, -0.25) is 19.3 Å². The lowest BCUT2D eigenvalue weighted by Crippen LogP contribution is -2.50. The average molecular weight is 563 g/mol. The van der Waals surface area contributed by atoms with Crippen molar-refractivity contribution in [1.82, 2.24) is 19.7 Å². The summed E-state index contributed by atoms with van der Waals surface area (Å²) < 4.78 is 48.8. The Labute approximate surface area is 227 Å². The van der Waals surface area contributed by atoms with Crippen LogP contribution in [0, 0.1) is 11.6 Å². The number of aromatic nitrogens is 1. The summed E-state index contributed by atoms with van der Waals surface area (Å²) in [6.07, 6.45) is 0.943. The first-order chi connectivity index (χ1) is 19.2. The molecule has 12 nitrogen and oxygen atoms in total. The van der Waals surface area contributed by atoms with E-state index in [2.05, 4.69) is 10.2 Å². The number of fused-ring (bicyclic) bond motifs is 4. The van der Waals surface area contributed by atoms with Crippen LogP contribution in [0.5, 0.6) is 5.75 Å². The molecule has 5 rings (SSSR count). The molecule has 40 heavy (non-hydrogen) atoms. The number of carbonyl (C=O) groups excluding carboxylic acids is 3. The molecule has 2 aromatic rings. The summed E-state index contributed by atoms with van der Waals surface area (Å²) in [5.41, 5.74) is -1.35. The predicted octanol–water partition coefficient (Wildman–Crippen LogP) is 1.80. The number of amides is 2. The number of hydrogen-bond donors (Lipinski definition) is 1. The molecule has 0 radical (unpaired) electrons. The maximum atomic E-state index is 14.1. The Hall–Kier alpha value is -4.04. The fourth-order valence-corrected chi connectivity index (χ4v) is 5.30. The molecular formula is C26H28F2N4O8. The van der Waals surface area contributed by atoms with Crippen LogP contribution in [0.3, 0.4) is 0 Å². The van der Waals surface area contributed by atoms with Gasteiger partial charge in [0.05, 0.1) is 6.54 Å². The van der Waals surface area contributed by atoms with Crippen molar-refractivity contribution >= 4 is 18.0 Å². The summed E-state index contributed by atoms with van der Waals surface area (Å²) in [4.78, 5) is 55.9. The second kappa shape index (κ2) is 11.2. The van der Waals surface area contributed by atoms with Gasteiger partial charge in [-0.15, -0.1) is 0 Å². The summed E-state index contributed by atoms with van der Waals surface area (Å²) in [6.45, 7) is 1.95. The van der Waals surface area contributed by atoms with Gasteiger partial charge in [0, 0.05) is 50.6 Å². The van der Waals surface area contributed by atoms with E-state index in [4.69, 9.17) is 18.9 Å². The van der Waals surface area contributed by atoms with E-state index in [0.717, 1.165) is 25.5 Å². The number of rotatable bonds is 8. The van der Waals surface area contributed by atoms with Crippen molar-refractivity contribution in [3.8, 4) is 5.75 Å². The normalized spacial score (nSPS) is 20.4. The van der Waals surface area contributed by atoms with Crippen LogP contribution in [-0.2, 0) is 27.3 Å². The summed E-state index contributed by atoms with van der Waals surface area (Å²) in [6, 6.07) is 3.12. The van der Waals surface area contributed by atoms with Crippen molar-refractivity contribution in [2.45, 2.75) is 51.4 Å². The van der Waals surface area contributed by atoms with Crippen molar-refractivity contribution in [3.63, 3.8) is 0 Å². The topological polar surface area (TPSA) is 129 Å². The molecule has 3 aliphatic heterocycles. The van der Waals surface area contributed by atoms with Crippen molar-refractivity contribution < 1.29 is 42.1 Å². The molecule has 3 aliphatic rings. The van der Waals surface area contributed by atoms with E-state index < -0.39 is 53.9 Å². The minimum atomic E-state index is -1.13. The Bertz CT molecular complexity index is 1400. The molecule has 214 valence electrons. The molecule has 1 aromatic heterocycles.